The molecule has 1 N–H and O–H groups in total. The minimum absolute atomic E-state index is 0.0572. The Hall–Kier alpha value is -2.73. The summed E-state index contributed by atoms with van der Waals surface area (Å²) in [6, 6.07) is 13.6. The summed E-state index contributed by atoms with van der Waals surface area (Å²) in [6.07, 6.45) is 3.58. The first-order valence-corrected chi connectivity index (χ1v) is 9.24. The van der Waals surface area contributed by atoms with E-state index >= 15 is 0 Å². The molecule has 0 atom stereocenters. The molecule has 0 aliphatic carbocycles. The van der Waals surface area contributed by atoms with E-state index in [1.807, 2.05) is 67.1 Å². The standard InChI is InChI=1S/C20H21N3O2S/c1-14-7-6-8-16(15(14)2)22-19(24)13-26-20-21-11-12-23(20)17-9-4-5-10-18(17)25-3/h4-12H,13H2,1-3H3,(H,22,24). The molecular formula is C20H21N3O2S. The summed E-state index contributed by atoms with van der Waals surface area (Å²) in [5.74, 6) is 0.977. The zero-order valence-corrected chi connectivity index (χ0v) is 15.8. The third-order valence-electron chi connectivity index (χ3n) is 4.16. The van der Waals surface area contributed by atoms with E-state index in [9.17, 15) is 4.79 Å². The Kier molecular flexibility index (Phi) is 5.63. The van der Waals surface area contributed by atoms with E-state index in [0.717, 1.165) is 33.4 Å². The number of carbonyl (C=O) groups excluding carboxylic acids is 1. The lowest BCUT2D eigenvalue weighted by molar-refractivity contribution is -0.113. The van der Waals surface area contributed by atoms with Gasteiger partial charge in [-0.05, 0) is 43.2 Å². The van der Waals surface area contributed by atoms with E-state index in [4.69, 9.17) is 4.74 Å². The normalized spacial score (nSPS) is 10.6. The fourth-order valence-electron chi connectivity index (χ4n) is 2.61. The molecule has 1 heterocycles. The third-order valence-corrected chi connectivity index (χ3v) is 5.13. The molecule has 26 heavy (non-hydrogen) atoms. The molecule has 3 aromatic rings. The molecule has 3 rings (SSSR count). The van der Waals surface area contributed by atoms with Crippen LogP contribution in [0.4, 0.5) is 5.69 Å². The predicted octanol–water partition coefficient (Wildman–Crippen LogP) is 4.23. The van der Waals surface area contributed by atoms with Crippen molar-refractivity contribution in [1.29, 1.82) is 0 Å². The smallest absolute Gasteiger partial charge is 0.234 e. The van der Waals surface area contributed by atoms with E-state index in [0.29, 0.717) is 0 Å². The van der Waals surface area contributed by atoms with E-state index in [1.165, 1.54) is 11.8 Å². The van der Waals surface area contributed by atoms with Gasteiger partial charge in [-0.1, -0.05) is 36.0 Å². The molecule has 0 unspecified atom stereocenters. The van der Waals surface area contributed by atoms with Crippen molar-refractivity contribution in [3.8, 4) is 11.4 Å². The second-order valence-corrected chi connectivity index (χ2v) is 6.78. The molecule has 0 fully saturated rings. The molecule has 0 saturated carbocycles. The Morgan fingerprint density at radius 3 is 2.81 bits per heavy atom. The van der Waals surface area contributed by atoms with Crippen LogP contribution in [0, 0.1) is 13.8 Å². The van der Waals surface area contributed by atoms with E-state index in [1.54, 1.807) is 13.3 Å². The number of carbonyl (C=O) groups is 1. The van der Waals surface area contributed by atoms with Gasteiger partial charge in [-0.15, -0.1) is 0 Å². The number of anilines is 1. The zero-order valence-electron chi connectivity index (χ0n) is 15.0. The summed E-state index contributed by atoms with van der Waals surface area (Å²) in [5, 5.41) is 3.72. The van der Waals surface area contributed by atoms with Crippen molar-refractivity contribution in [1.82, 2.24) is 9.55 Å². The number of hydrogen-bond acceptors (Lipinski definition) is 4. The Labute approximate surface area is 157 Å². The van der Waals surface area contributed by atoms with Crippen molar-refractivity contribution in [3.63, 3.8) is 0 Å². The van der Waals surface area contributed by atoms with Crippen molar-refractivity contribution < 1.29 is 9.53 Å². The molecule has 134 valence electrons. The minimum atomic E-state index is -0.0572. The van der Waals surface area contributed by atoms with Gasteiger partial charge in [0.05, 0.1) is 18.6 Å². The Balaban J connectivity index is 1.70. The van der Waals surface area contributed by atoms with Crippen molar-refractivity contribution >= 4 is 23.4 Å². The SMILES string of the molecule is COc1ccccc1-n1ccnc1SCC(=O)Nc1cccc(C)c1C. The average Bonchev–Trinajstić information content (AvgIpc) is 3.12. The highest BCUT2D eigenvalue weighted by Crippen LogP contribution is 2.27. The molecule has 1 amide bonds. The van der Waals surface area contributed by atoms with E-state index in [2.05, 4.69) is 10.3 Å². The van der Waals surface area contributed by atoms with Gasteiger partial charge < -0.3 is 10.1 Å². The molecule has 0 aliphatic heterocycles. The number of para-hydroxylation sites is 2. The molecule has 0 bridgehead atoms. The highest BCUT2D eigenvalue weighted by molar-refractivity contribution is 7.99. The highest BCUT2D eigenvalue weighted by Gasteiger charge is 2.12. The van der Waals surface area contributed by atoms with Crippen LogP contribution in [-0.4, -0.2) is 28.3 Å². The number of thioether (sulfide) groups is 1. The van der Waals surface area contributed by atoms with Crippen LogP contribution in [0.1, 0.15) is 11.1 Å². The van der Waals surface area contributed by atoms with Crippen LogP contribution in [0.3, 0.4) is 0 Å². The lowest BCUT2D eigenvalue weighted by atomic mass is 10.1. The number of nitrogens with one attached hydrogen (secondary N) is 1. The predicted molar refractivity (Wildman–Crippen MR) is 105 cm³/mol. The largest absolute Gasteiger partial charge is 0.495 e. The Morgan fingerprint density at radius 1 is 1.19 bits per heavy atom. The zero-order chi connectivity index (χ0) is 18.5. The third kappa shape index (κ3) is 3.91. The quantitative estimate of drug-likeness (QED) is 0.663. The summed E-state index contributed by atoms with van der Waals surface area (Å²) in [4.78, 5) is 16.7. The van der Waals surface area contributed by atoms with Crippen LogP contribution in [0.15, 0.2) is 60.0 Å². The lowest BCUT2D eigenvalue weighted by Crippen LogP contribution is -2.15. The second kappa shape index (κ2) is 8.10. The monoisotopic (exact) mass is 367 g/mol. The van der Waals surface area contributed by atoms with Crippen molar-refractivity contribution in [3.05, 3.63) is 66.0 Å². The first kappa shape index (κ1) is 18.1. The molecule has 1 aromatic heterocycles. The van der Waals surface area contributed by atoms with Gasteiger partial charge in [0, 0.05) is 18.1 Å². The van der Waals surface area contributed by atoms with Gasteiger partial charge in [-0.2, -0.15) is 0 Å². The highest BCUT2D eigenvalue weighted by atomic mass is 32.2. The van der Waals surface area contributed by atoms with Crippen LogP contribution >= 0.6 is 11.8 Å². The number of hydrogen-bond donors (Lipinski definition) is 1. The van der Waals surface area contributed by atoms with Gasteiger partial charge in [-0.3, -0.25) is 9.36 Å². The molecule has 0 spiro atoms. The Bertz CT molecular complexity index is 921. The van der Waals surface area contributed by atoms with Crippen LogP contribution in [-0.2, 0) is 4.79 Å². The van der Waals surface area contributed by atoms with E-state index in [-0.39, 0.29) is 11.7 Å². The molecule has 5 nitrogen and oxygen atoms in total. The van der Waals surface area contributed by atoms with Gasteiger partial charge in [0.1, 0.15) is 5.75 Å². The van der Waals surface area contributed by atoms with Gasteiger partial charge >= 0.3 is 0 Å². The van der Waals surface area contributed by atoms with Crippen LogP contribution < -0.4 is 10.1 Å². The lowest BCUT2D eigenvalue weighted by Gasteiger charge is -2.12. The van der Waals surface area contributed by atoms with Crippen LogP contribution in [0.25, 0.3) is 5.69 Å². The fraction of sp³-hybridized carbons (Fsp3) is 0.200. The molecule has 0 aliphatic rings. The first-order valence-electron chi connectivity index (χ1n) is 8.25. The number of benzene rings is 2. The number of imidazole rings is 1. The number of amides is 1. The number of rotatable bonds is 6. The summed E-state index contributed by atoms with van der Waals surface area (Å²) in [5.41, 5.74) is 3.98. The maximum atomic E-state index is 12.3. The van der Waals surface area contributed by atoms with Crippen molar-refractivity contribution in [2.75, 3.05) is 18.2 Å². The van der Waals surface area contributed by atoms with E-state index < -0.39 is 0 Å². The Morgan fingerprint density at radius 2 is 2.00 bits per heavy atom. The fourth-order valence-corrected chi connectivity index (χ4v) is 3.38. The number of aromatic nitrogens is 2. The summed E-state index contributed by atoms with van der Waals surface area (Å²) in [7, 11) is 1.64. The van der Waals surface area contributed by atoms with Crippen LogP contribution in [0.2, 0.25) is 0 Å². The number of aryl methyl sites for hydroxylation is 1. The summed E-state index contributed by atoms with van der Waals surface area (Å²) in [6.45, 7) is 4.04. The topological polar surface area (TPSA) is 56.2 Å². The van der Waals surface area contributed by atoms with Gasteiger partial charge in [0.25, 0.3) is 0 Å². The maximum absolute atomic E-state index is 12.3. The summed E-state index contributed by atoms with van der Waals surface area (Å²) < 4.78 is 7.34. The van der Waals surface area contributed by atoms with Gasteiger partial charge in [-0.25, -0.2) is 4.98 Å². The number of nitrogens with zero attached hydrogens (tertiary/aromatic N) is 2. The molecule has 6 heteroatoms. The molecule has 0 saturated heterocycles. The number of methoxy groups -OCH3 is 1. The number of ether oxygens (including phenoxy) is 1. The van der Waals surface area contributed by atoms with Crippen molar-refractivity contribution in [2.24, 2.45) is 0 Å². The maximum Gasteiger partial charge on any atom is 0.234 e. The minimum Gasteiger partial charge on any atom is -0.495 e. The molecular weight excluding hydrogens is 346 g/mol. The average molecular weight is 367 g/mol. The van der Waals surface area contributed by atoms with Crippen LogP contribution in [0.5, 0.6) is 5.75 Å². The second-order valence-electron chi connectivity index (χ2n) is 5.84. The van der Waals surface area contributed by atoms with Gasteiger partial charge in [0.2, 0.25) is 5.91 Å². The van der Waals surface area contributed by atoms with Crippen molar-refractivity contribution in [2.45, 2.75) is 19.0 Å². The summed E-state index contributed by atoms with van der Waals surface area (Å²) >= 11 is 1.39. The first-order chi connectivity index (χ1) is 12.6. The molecule has 0 radical (unpaired) electrons. The molecule has 2 aromatic carbocycles. The van der Waals surface area contributed by atoms with Gasteiger partial charge in [0.15, 0.2) is 5.16 Å².